The zero-order chi connectivity index (χ0) is 29.9. The first-order valence-corrected chi connectivity index (χ1v) is 14.9. The van der Waals surface area contributed by atoms with Crippen molar-refractivity contribution in [3.8, 4) is 5.75 Å². The summed E-state index contributed by atoms with van der Waals surface area (Å²) in [5.41, 5.74) is 2.53. The highest BCUT2D eigenvalue weighted by Gasteiger charge is 2.17. The minimum absolute atomic E-state index is 0.101. The van der Waals surface area contributed by atoms with Crippen LogP contribution < -0.4 is 20.7 Å². The van der Waals surface area contributed by atoms with Crippen LogP contribution in [0.2, 0.25) is 0 Å². The summed E-state index contributed by atoms with van der Waals surface area (Å²) in [4.78, 5) is 39.7. The van der Waals surface area contributed by atoms with Crippen LogP contribution >= 0.6 is 27.7 Å². The van der Waals surface area contributed by atoms with E-state index in [1.54, 1.807) is 54.6 Å². The number of anilines is 2. The molecule has 4 rings (SSSR count). The summed E-state index contributed by atoms with van der Waals surface area (Å²) in [5.74, 6) is -0.234. The highest BCUT2D eigenvalue weighted by atomic mass is 79.9. The van der Waals surface area contributed by atoms with E-state index in [0.717, 1.165) is 20.7 Å². The van der Waals surface area contributed by atoms with Crippen molar-refractivity contribution in [1.29, 1.82) is 0 Å². The molecule has 42 heavy (non-hydrogen) atoms. The Morgan fingerprint density at radius 3 is 2.10 bits per heavy atom. The normalized spacial score (nSPS) is 11.7. The first-order chi connectivity index (χ1) is 20.3. The SMILES string of the molecule is CCOc1ccc(NC(=O)C(C)Sc2ccc(NC(=O)/C(=C/c3ccc(Br)cc3)NC(=O)c3ccccc3)cc2)cc1. The first-order valence-electron chi connectivity index (χ1n) is 13.3. The van der Waals surface area contributed by atoms with Gasteiger partial charge in [-0.05, 0) is 98.3 Å². The molecule has 0 heterocycles. The molecular formula is C33H30BrN3O4S. The average Bonchev–Trinajstić information content (AvgIpc) is 3.00. The van der Waals surface area contributed by atoms with Gasteiger partial charge in [-0.3, -0.25) is 14.4 Å². The third-order valence-electron chi connectivity index (χ3n) is 5.94. The number of benzene rings is 4. The van der Waals surface area contributed by atoms with E-state index in [1.807, 2.05) is 68.4 Å². The molecule has 0 aliphatic heterocycles. The Labute approximate surface area is 257 Å². The second-order valence-corrected chi connectivity index (χ2v) is 11.4. The van der Waals surface area contributed by atoms with Gasteiger partial charge in [0.1, 0.15) is 11.4 Å². The van der Waals surface area contributed by atoms with E-state index in [4.69, 9.17) is 4.74 Å². The highest BCUT2D eigenvalue weighted by Crippen LogP contribution is 2.26. The smallest absolute Gasteiger partial charge is 0.272 e. The standard InChI is InChI=1S/C33H30BrN3O4S/c1-3-41-28-17-13-26(14-18-28)35-31(38)22(2)42-29-19-15-27(16-20-29)36-33(40)30(21-23-9-11-25(34)12-10-23)37-32(39)24-7-5-4-6-8-24/h4-22H,3H2,1-2H3,(H,35,38)(H,36,40)(H,37,39)/b30-21-. The molecule has 0 spiro atoms. The maximum Gasteiger partial charge on any atom is 0.272 e. The Morgan fingerprint density at radius 1 is 0.833 bits per heavy atom. The Balaban J connectivity index is 1.39. The van der Waals surface area contributed by atoms with Gasteiger partial charge < -0.3 is 20.7 Å². The summed E-state index contributed by atoms with van der Waals surface area (Å²) in [6, 6.07) is 30.5. The van der Waals surface area contributed by atoms with Gasteiger partial charge in [0.15, 0.2) is 0 Å². The maximum absolute atomic E-state index is 13.3. The summed E-state index contributed by atoms with van der Waals surface area (Å²) >= 11 is 4.81. The van der Waals surface area contributed by atoms with Gasteiger partial charge in [0.25, 0.3) is 11.8 Å². The Bertz CT molecular complexity index is 1540. The Kier molecular flexibility index (Phi) is 11.0. The van der Waals surface area contributed by atoms with Crippen LogP contribution in [0.25, 0.3) is 6.08 Å². The molecular weight excluding hydrogens is 614 g/mol. The van der Waals surface area contributed by atoms with Gasteiger partial charge in [-0.25, -0.2) is 0 Å². The van der Waals surface area contributed by atoms with Crippen molar-refractivity contribution in [2.75, 3.05) is 17.2 Å². The number of rotatable bonds is 11. The first kappa shape index (κ1) is 30.6. The third-order valence-corrected chi connectivity index (χ3v) is 7.58. The van der Waals surface area contributed by atoms with E-state index in [1.165, 1.54) is 11.8 Å². The monoisotopic (exact) mass is 643 g/mol. The number of hydrogen-bond acceptors (Lipinski definition) is 5. The predicted octanol–water partition coefficient (Wildman–Crippen LogP) is 7.38. The van der Waals surface area contributed by atoms with Crippen molar-refractivity contribution in [2.24, 2.45) is 0 Å². The molecule has 9 heteroatoms. The lowest BCUT2D eigenvalue weighted by Crippen LogP contribution is -2.30. The van der Waals surface area contributed by atoms with Crippen molar-refractivity contribution >= 4 is 62.9 Å². The number of ether oxygens (including phenoxy) is 1. The zero-order valence-electron chi connectivity index (χ0n) is 23.1. The molecule has 0 bridgehead atoms. The minimum atomic E-state index is -0.467. The Morgan fingerprint density at radius 2 is 1.45 bits per heavy atom. The van der Waals surface area contributed by atoms with E-state index in [9.17, 15) is 14.4 Å². The molecule has 0 aliphatic rings. The minimum Gasteiger partial charge on any atom is -0.494 e. The lowest BCUT2D eigenvalue weighted by molar-refractivity contribution is -0.115. The van der Waals surface area contributed by atoms with Gasteiger partial charge in [-0.1, -0.05) is 46.3 Å². The lowest BCUT2D eigenvalue weighted by Gasteiger charge is -2.14. The van der Waals surface area contributed by atoms with E-state index in [-0.39, 0.29) is 16.9 Å². The largest absolute Gasteiger partial charge is 0.494 e. The summed E-state index contributed by atoms with van der Waals surface area (Å²) in [7, 11) is 0. The number of nitrogens with one attached hydrogen (secondary N) is 3. The van der Waals surface area contributed by atoms with Gasteiger partial charge in [0.05, 0.1) is 11.9 Å². The van der Waals surface area contributed by atoms with E-state index in [0.29, 0.717) is 23.5 Å². The predicted molar refractivity (Wildman–Crippen MR) is 173 cm³/mol. The second kappa shape index (κ2) is 15.0. The number of thioether (sulfide) groups is 1. The second-order valence-electron chi connectivity index (χ2n) is 9.11. The van der Waals surface area contributed by atoms with Gasteiger partial charge in [0.2, 0.25) is 5.91 Å². The van der Waals surface area contributed by atoms with Crippen LogP contribution in [0.3, 0.4) is 0 Å². The summed E-state index contributed by atoms with van der Waals surface area (Å²) in [6.45, 7) is 4.33. The fourth-order valence-corrected chi connectivity index (χ4v) is 4.92. The quantitative estimate of drug-likeness (QED) is 0.117. The summed E-state index contributed by atoms with van der Waals surface area (Å²) in [5, 5.41) is 8.15. The van der Waals surface area contributed by atoms with E-state index < -0.39 is 11.8 Å². The van der Waals surface area contributed by atoms with Crippen molar-refractivity contribution in [3.05, 3.63) is 124 Å². The van der Waals surface area contributed by atoms with Gasteiger partial charge >= 0.3 is 0 Å². The van der Waals surface area contributed by atoms with Crippen molar-refractivity contribution in [3.63, 3.8) is 0 Å². The van der Waals surface area contributed by atoms with E-state index >= 15 is 0 Å². The van der Waals surface area contributed by atoms with Crippen molar-refractivity contribution < 1.29 is 19.1 Å². The van der Waals surface area contributed by atoms with Crippen LogP contribution in [0.5, 0.6) is 5.75 Å². The van der Waals surface area contributed by atoms with Crippen LogP contribution in [0, 0.1) is 0 Å². The average molecular weight is 645 g/mol. The van der Waals surface area contributed by atoms with Crippen molar-refractivity contribution in [2.45, 2.75) is 24.0 Å². The molecule has 0 saturated carbocycles. The maximum atomic E-state index is 13.3. The number of carbonyl (C=O) groups excluding carboxylic acids is 3. The molecule has 0 fully saturated rings. The van der Waals surface area contributed by atoms with Gasteiger partial charge in [0, 0.05) is 26.3 Å². The lowest BCUT2D eigenvalue weighted by atomic mass is 10.1. The van der Waals surface area contributed by atoms with Gasteiger partial charge in [-0.15, -0.1) is 11.8 Å². The third kappa shape index (κ3) is 9.09. The molecule has 0 aromatic heterocycles. The molecule has 0 aliphatic carbocycles. The van der Waals surface area contributed by atoms with Crippen LogP contribution in [0.15, 0.2) is 118 Å². The molecule has 4 aromatic carbocycles. The van der Waals surface area contributed by atoms with Gasteiger partial charge in [-0.2, -0.15) is 0 Å². The molecule has 3 N–H and O–H groups in total. The van der Waals surface area contributed by atoms with E-state index in [2.05, 4.69) is 31.9 Å². The van der Waals surface area contributed by atoms with Crippen LogP contribution in [-0.2, 0) is 9.59 Å². The Hall–Kier alpha value is -4.34. The molecule has 1 unspecified atom stereocenters. The highest BCUT2D eigenvalue weighted by molar-refractivity contribution is 9.10. The molecule has 214 valence electrons. The number of amides is 3. The number of hydrogen-bond donors (Lipinski definition) is 3. The molecule has 4 aromatic rings. The number of carbonyl (C=O) groups is 3. The van der Waals surface area contributed by atoms with Crippen LogP contribution in [0.1, 0.15) is 29.8 Å². The van der Waals surface area contributed by atoms with Crippen molar-refractivity contribution in [1.82, 2.24) is 5.32 Å². The molecule has 0 radical (unpaired) electrons. The molecule has 7 nitrogen and oxygen atoms in total. The molecule has 1 atom stereocenters. The molecule has 3 amide bonds. The fraction of sp³-hybridized carbons (Fsp3) is 0.121. The fourth-order valence-electron chi connectivity index (χ4n) is 3.79. The summed E-state index contributed by atoms with van der Waals surface area (Å²) < 4.78 is 6.34. The molecule has 0 saturated heterocycles. The zero-order valence-corrected chi connectivity index (χ0v) is 25.5. The summed E-state index contributed by atoms with van der Waals surface area (Å²) in [6.07, 6.45) is 1.62. The van der Waals surface area contributed by atoms with Crippen LogP contribution in [-0.4, -0.2) is 29.6 Å². The topological polar surface area (TPSA) is 96.5 Å². The number of halogens is 1. The van der Waals surface area contributed by atoms with Crippen LogP contribution in [0.4, 0.5) is 11.4 Å².